The molecule has 1 aliphatic heterocycles. The normalized spacial score (nSPS) is 16.7. The Bertz CT molecular complexity index is 356. The van der Waals surface area contributed by atoms with E-state index in [1.54, 1.807) is 17.4 Å². The first-order valence-electron chi connectivity index (χ1n) is 6.71. The maximum atomic E-state index is 12.0. The van der Waals surface area contributed by atoms with Crippen molar-refractivity contribution in [3.8, 4) is 0 Å². The molecule has 0 saturated carbocycles. The van der Waals surface area contributed by atoms with Crippen LogP contribution in [0.1, 0.15) is 31.2 Å². The van der Waals surface area contributed by atoms with Gasteiger partial charge in [0.1, 0.15) is 0 Å². The Kier molecular flexibility index (Phi) is 4.81. The predicted octanol–water partition coefficient (Wildman–Crippen LogP) is 2.02. The number of nitrogens with one attached hydrogen (secondary N) is 1. The van der Waals surface area contributed by atoms with E-state index in [-0.39, 0.29) is 5.91 Å². The number of piperidine rings is 1. The first kappa shape index (κ1) is 13.1. The zero-order chi connectivity index (χ0) is 12.8. The molecule has 1 aliphatic rings. The van der Waals surface area contributed by atoms with Crippen LogP contribution in [0.3, 0.4) is 0 Å². The van der Waals surface area contributed by atoms with Gasteiger partial charge in [0.25, 0.3) is 0 Å². The lowest BCUT2D eigenvalue weighted by atomic mass is 9.93. The SMILES string of the molecule is CN(Cc1ccoc1)C(=O)CCC1CCNCC1. The second-order valence-electron chi connectivity index (χ2n) is 5.11. The van der Waals surface area contributed by atoms with E-state index in [9.17, 15) is 4.79 Å². The van der Waals surface area contributed by atoms with Crippen molar-refractivity contribution in [2.75, 3.05) is 20.1 Å². The van der Waals surface area contributed by atoms with Gasteiger partial charge in [-0.05, 0) is 44.3 Å². The number of hydrogen-bond acceptors (Lipinski definition) is 3. The van der Waals surface area contributed by atoms with Gasteiger partial charge in [0.2, 0.25) is 5.91 Å². The second-order valence-corrected chi connectivity index (χ2v) is 5.11. The lowest BCUT2D eigenvalue weighted by Crippen LogP contribution is -2.30. The van der Waals surface area contributed by atoms with E-state index in [1.807, 2.05) is 13.1 Å². The van der Waals surface area contributed by atoms with Crippen LogP contribution in [0.5, 0.6) is 0 Å². The number of carbonyl (C=O) groups excluding carboxylic acids is 1. The Morgan fingerprint density at radius 2 is 2.28 bits per heavy atom. The van der Waals surface area contributed by atoms with Crippen molar-refractivity contribution in [2.24, 2.45) is 5.92 Å². The van der Waals surface area contributed by atoms with Gasteiger partial charge in [-0.2, -0.15) is 0 Å². The van der Waals surface area contributed by atoms with Crippen LogP contribution in [-0.2, 0) is 11.3 Å². The van der Waals surface area contributed by atoms with Gasteiger partial charge < -0.3 is 14.6 Å². The maximum Gasteiger partial charge on any atom is 0.222 e. The molecule has 0 unspecified atom stereocenters. The van der Waals surface area contributed by atoms with Crippen LogP contribution >= 0.6 is 0 Å². The highest BCUT2D eigenvalue weighted by Gasteiger charge is 2.16. The Morgan fingerprint density at radius 3 is 2.94 bits per heavy atom. The van der Waals surface area contributed by atoms with Gasteiger partial charge in [-0.15, -0.1) is 0 Å². The van der Waals surface area contributed by atoms with Gasteiger partial charge in [-0.25, -0.2) is 0 Å². The van der Waals surface area contributed by atoms with Crippen LogP contribution < -0.4 is 5.32 Å². The van der Waals surface area contributed by atoms with Crippen molar-refractivity contribution >= 4 is 5.91 Å². The molecule has 1 fully saturated rings. The van der Waals surface area contributed by atoms with Crippen LogP contribution in [0.2, 0.25) is 0 Å². The number of carbonyl (C=O) groups is 1. The van der Waals surface area contributed by atoms with Crippen molar-refractivity contribution in [2.45, 2.75) is 32.2 Å². The highest BCUT2D eigenvalue weighted by atomic mass is 16.3. The molecule has 0 atom stereocenters. The maximum absolute atomic E-state index is 12.0. The fourth-order valence-corrected chi connectivity index (χ4v) is 2.43. The van der Waals surface area contributed by atoms with Gasteiger partial charge in [0.05, 0.1) is 12.5 Å². The Balaban J connectivity index is 1.70. The van der Waals surface area contributed by atoms with E-state index in [0.29, 0.717) is 13.0 Å². The topological polar surface area (TPSA) is 45.5 Å². The van der Waals surface area contributed by atoms with Gasteiger partial charge >= 0.3 is 0 Å². The monoisotopic (exact) mass is 250 g/mol. The molecule has 1 amide bonds. The van der Waals surface area contributed by atoms with Crippen molar-refractivity contribution in [3.05, 3.63) is 24.2 Å². The zero-order valence-electron chi connectivity index (χ0n) is 11.0. The summed E-state index contributed by atoms with van der Waals surface area (Å²) < 4.78 is 5.01. The summed E-state index contributed by atoms with van der Waals surface area (Å²) in [4.78, 5) is 13.8. The number of nitrogens with zero attached hydrogens (tertiary/aromatic N) is 1. The lowest BCUT2D eigenvalue weighted by Gasteiger charge is -2.23. The van der Waals surface area contributed by atoms with Crippen LogP contribution in [0.15, 0.2) is 23.0 Å². The molecule has 1 aromatic heterocycles. The third-order valence-electron chi connectivity index (χ3n) is 3.65. The molecule has 4 heteroatoms. The molecular formula is C14H22N2O2. The van der Waals surface area contributed by atoms with Gasteiger partial charge in [-0.3, -0.25) is 4.79 Å². The molecular weight excluding hydrogens is 228 g/mol. The Labute approximate surface area is 108 Å². The lowest BCUT2D eigenvalue weighted by molar-refractivity contribution is -0.130. The van der Waals surface area contributed by atoms with Crippen molar-refractivity contribution in [1.82, 2.24) is 10.2 Å². The minimum atomic E-state index is 0.231. The summed E-state index contributed by atoms with van der Waals surface area (Å²) >= 11 is 0. The molecule has 0 bridgehead atoms. The van der Waals surface area contributed by atoms with E-state index in [4.69, 9.17) is 4.42 Å². The third-order valence-corrected chi connectivity index (χ3v) is 3.65. The number of amides is 1. The van der Waals surface area contributed by atoms with Crippen LogP contribution in [0, 0.1) is 5.92 Å². The van der Waals surface area contributed by atoms with Crippen molar-refractivity contribution in [3.63, 3.8) is 0 Å². The molecule has 1 saturated heterocycles. The van der Waals surface area contributed by atoms with E-state index in [2.05, 4.69) is 5.32 Å². The summed E-state index contributed by atoms with van der Waals surface area (Å²) in [7, 11) is 1.86. The summed E-state index contributed by atoms with van der Waals surface area (Å²) in [6.07, 6.45) is 7.44. The first-order chi connectivity index (χ1) is 8.75. The number of furan rings is 1. The largest absolute Gasteiger partial charge is 0.472 e. The smallest absolute Gasteiger partial charge is 0.222 e. The predicted molar refractivity (Wildman–Crippen MR) is 70.0 cm³/mol. The van der Waals surface area contributed by atoms with Crippen molar-refractivity contribution < 1.29 is 9.21 Å². The molecule has 2 heterocycles. The van der Waals surface area contributed by atoms with Crippen LogP contribution in [0.4, 0.5) is 0 Å². The summed E-state index contributed by atoms with van der Waals surface area (Å²) in [5.41, 5.74) is 1.05. The van der Waals surface area contributed by atoms with Gasteiger partial charge in [-0.1, -0.05) is 0 Å². The summed E-state index contributed by atoms with van der Waals surface area (Å²) in [5.74, 6) is 0.951. The molecule has 100 valence electrons. The van der Waals surface area contributed by atoms with E-state index in [1.165, 1.54) is 12.8 Å². The molecule has 0 radical (unpaired) electrons. The fourth-order valence-electron chi connectivity index (χ4n) is 2.43. The quantitative estimate of drug-likeness (QED) is 0.869. The Morgan fingerprint density at radius 1 is 1.50 bits per heavy atom. The molecule has 1 N–H and O–H groups in total. The van der Waals surface area contributed by atoms with Gasteiger partial charge in [0.15, 0.2) is 0 Å². The highest BCUT2D eigenvalue weighted by Crippen LogP contribution is 2.18. The molecule has 18 heavy (non-hydrogen) atoms. The number of rotatable bonds is 5. The molecule has 4 nitrogen and oxygen atoms in total. The van der Waals surface area contributed by atoms with Gasteiger partial charge in [0, 0.05) is 25.6 Å². The minimum absolute atomic E-state index is 0.231. The molecule has 2 rings (SSSR count). The summed E-state index contributed by atoms with van der Waals surface area (Å²) in [6.45, 7) is 2.84. The summed E-state index contributed by atoms with van der Waals surface area (Å²) in [5, 5.41) is 3.35. The minimum Gasteiger partial charge on any atom is -0.472 e. The summed E-state index contributed by atoms with van der Waals surface area (Å²) in [6, 6.07) is 1.90. The van der Waals surface area contributed by atoms with E-state index >= 15 is 0 Å². The average Bonchev–Trinajstić information content (AvgIpc) is 2.90. The fraction of sp³-hybridized carbons (Fsp3) is 0.643. The third kappa shape index (κ3) is 3.88. The second kappa shape index (κ2) is 6.59. The molecule has 0 aliphatic carbocycles. The molecule has 0 spiro atoms. The average molecular weight is 250 g/mol. The zero-order valence-corrected chi connectivity index (χ0v) is 11.0. The van der Waals surface area contributed by atoms with E-state index in [0.717, 1.165) is 31.0 Å². The first-order valence-corrected chi connectivity index (χ1v) is 6.71. The number of hydrogen-bond donors (Lipinski definition) is 1. The van der Waals surface area contributed by atoms with Crippen molar-refractivity contribution in [1.29, 1.82) is 0 Å². The Hall–Kier alpha value is -1.29. The van der Waals surface area contributed by atoms with Crippen LogP contribution in [0.25, 0.3) is 0 Å². The highest BCUT2D eigenvalue weighted by molar-refractivity contribution is 5.75. The molecule has 1 aromatic rings. The van der Waals surface area contributed by atoms with E-state index < -0.39 is 0 Å². The molecule has 0 aromatic carbocycles. The standard InChI is InChI=1S/C14H22N2O2/c1-16(10-13-6-9-18-11-13)14(17)3-2-12-4-7-15-8-5-12/h6,9,11-12,15H,2-5,7-8,10H2,1H3. The van der Waals surface area contributed by atoms with Crippen LogP contribution in [-0.4, -0.2) is 30.9 Å².